The minimum atomic E-state index is -0.643. The Morgan fingerprint density at radius 2 is 2.21 bits per heavy atom. The highest BCUT2D eigenvalue weighted by atomic mass is 16.6. The molecule has 130 valence electrons. The average molecular weight is 333 g/mol. The van der Waals surface area contributed by atoms with Crippen LogP contribution < -0.4 is 5.73 Å². The van der Waals surface area contributed by atoms with Gasteiger partial charge in [-0.2, -0.15) is 0 Å². The fourth-order valence-corrected chi connectivity index (χ4v) is 2.98. The Morgan fingerprint density at radius 3 is 2.79 bits per heavy atom. The van der Waals surface area contributed by atoms with Gasteiger partial charge >= 0.3 is 6.09 Å². The molecule has 1 amide bonds. The molecule has 0 radical (unpaired) electrons. The molecule has 0 aliphatic heterocycles. The molecule has 1 aromatic rings. The quantitative estimate of drug-likeness (QED) is 0.289. The molecule has 1 aliphatic rings. The maximum Gasteiger partial charge on any atom is 0.411 e. The third-order valence-electron chi connectivity index (χ3n) is 3.90. The van der Waals surface area contributed by atoms with Crippen molar-refractivity contribution in [2.45, 2.75) is 45.3 Å². The van der Waals surface area contributed by atoms with Crippen molar-refractivity contribution in [2.24, 2.45) is 10.9 Å². The van der Waals surface area contributed by atoms with Crippen molar-refractivity contribution in [3.05, 3.63) is 34.9 Å². The van der Waals surface area contributed by atoms with Crippen LogP contribution in [0, 0.1) is 0 Å². The number of hydrogen-bond acceptors (Lipinski definition) is 5. The van der Waals surface area contributed by atoms with E-state index in [2.05, 4.69) is 5.16 Å². The summed E-state index contributed by atoms with van der Waals surface area (Å²) < 4.78 is 5.42. The number of rotatable bonds is 4. The molecule has 0 fully saturated rings. The second-order valence-corrected chi connectivity index (χ2v) is 6.71. The van der Waals surface area contributed by atoms with Gasteiger partial charge in [0.1, 0.15) is 11.9 Å². The van der Waals surface area contributed by atoms with Crippen LogP contribution in [0.25, 0.3) is 0 Å². The van der Waals surface area contributed by atoms with Crippen molar-refractivity contribution in [3.8, 4) is 0 Å². The van der Waals surface area contributed by atoms with E-state index in [0.717, 1.165) is 11.1 Å². The summed E-state index contributed by atoms with van der Waals surface area (Å²) >= 11 is 0. The lowest BCUT2D eigenvalue weighted by Crippen LogP contribution is -2.39. The zero-order valence-electron chi connectivity index (χ0n) is 14.2. The molecule has 0 aromatic heterocycles. The highest BCUT2D eigenvalue weighted by Crippen LogP contribution is 2.38. The Bertz CT molecular complexity index is 664. The van der Waals surface area contributed by atoms with Crippen molar-refractivity contribution in [3.63, 3.8) is 0 Å². The summed E-state index contributed by atoms with van der Waals surface area (Å²) in [6.45, 7) is 5.29. The molecule has 1 unspecified atom stereocenters. The molecule has 0 heterocycles. The molecule has 3 N–H and O–H groups in total. The number of ether oxygens (including phenoxy) is 1. The summed E-state index contributed by atoms with van der Waals surface area (Å²) in [5, 5.41) is 12.0. The van der Waals surface area contributed by atoms with Gasteiger partial charge in [0.25, 0.3) is 0 Å². The maximum atomic E-state index is 12.5. The summed E-state index contributed by atoms with van der Waals surface area (Å²) in [7, 11) is 0. The number of fused-ring (bicyclic) bond motifs is 1. The van der Waals surface area contributed by atoms with Crippen molar-refractivity contribution in [1.82, 2.24) is 4.90 Å². The second-order valence-electron chi connectivity index (χ2n) is 6.71. The van der Waals surface area contributed by atoms with Gasteiger partial charge in [0.05, 0.1) is 12.6 Å². The van der Waals surface area contributed by atoms with Gasteiger partial charge in [0.2, 0.25) is 0 Å². The Balaban J connectivity index is 2.36. The van der Waals surface area contributed by atoms with E-state index >= 15 is 0 Å². The van der Waals surface area contributed by atoms with Gasteiger partial charge in [-0.3, -0.25) is 4.90 Å². The smallest absolute Gasteiger partial charge is 0.411 e. The third-order valence-corrected chi connectivity index (χ3v) is 3.90. The molecule has 0 spiro atoms. The normalized spacial score (nSPS) is 17.3. The Kier molecular flexibility index (Phi) is 5.11. The molecule has 0 saturated carbocycles. The highest BCUT2D eigenvalue weighted by Gasteiger charge is 2.34. The summed E-state index contributed by atoms with van der Waals surface area (Å²) in [6, 6.07) is 5.18. The van der Waals surface area contributed by atoms with E-state index in [1.165, 1.54) is 4.90 Å². The number of hydrogen-bond donors (Lipinski definition) is 2. The van der Waals surface area contributed by atoms with Crippen LogP contribution in [0.4, 0.5) is 4.79 Å². The average Bonchev–Trinajstić information content (AvgIpc) is 2.93. The second kappa shape index (κ2) is 6.90. The molecule has 0 bridgehead atoms. The first-order valence-corrected chi connectivity index (χ1v) is 7.81. The maximum absolute atomic E-state index is 12.5. The predicted octanol–water partition coefficient (Wildman–Crippen LogP) is 2.20. The molecule has 1 aliphatic carbocycles. The van der Waals surface area contributed by atoms with Gasteiger partial charge in [0.15, 0.2) is 5.84 Å². The van der Waals surface area contributed by atoms with Crippen LogP contribution in [0.15, 0.2) is 23.4 Å². The van der Waals surface area contributed by atoms with Gasteiger partial charge in [-0.15, -0.1) is 0 Å². The molecular weight excluding hydrogens is 310 g/mol. The zero-order chi connectivity index (χ0) is 17.9. The lowest BCUT2D eigenvalue weighted by atomic mass is 10.0. The van der Waals surface area contributed by atoms with E-state index in [0.29, 0.717) is 24.7 Å². The summed E-state index contributed by atoms with van der Waals surface area (Å²) in [5.41, 5.74) is 7.56. The van der Waals surface area contributed by atoms with Crippen LogP contribution in [0.1, 0.15) is 49.9 Å². The van der Waals surface area contributed by atoms with E-state index < -0.39 is 11.7 Å². The van der Waals surface area contributed by atoms with Crippen molar-refractivity contribution >= 4 is 18.2 Å². The van der Waals surface area contributed by atoms with E-state index in [-0.39, 0.29) is 18.4 Å². The summed E-state index contributed by atoms with van der Waals surface area (Å²) in [6.07, 6.45) is 1.49. The zero-order valence-corrected chi connectivity index (χ0v) is 14.2. The Hall–Kier alpha value is -2.57. The molecule has 7 nitrogen and oxygen atoms in total. The van der Waals surface area contributed by atoms with Gasteiger partial charge in [-0.05, 0) is 44.7 Å². The number of amides is 1. The molecule has 2 rings (SSSR count). The van der Waals surface area contributed by atoms with Crippen molar-refractivity contribution in [2.75, 3.05) is 6.54 Å². The number of benzene rings is 1. The summed E-state index contributed by atoms with van der Waals surface area (Å²) in [5.74, 6) is 0.0340. The number of amidine groups is 1. The number of nitrogens with two attached hydrogens (primary N) is 1. The van der Waals surface area contributed by atoms with Gasteiger partial charge < -0.3 is 20.5 Å². The van der Waals surface area contributed by atoms with Crippen LogP contribution in [0.2, 0.25) is 0 Å². The fourth-order valence-electron chi connectivity index (χ4n) is 2.98. The van der Waals surface area contributed by atoms with Crippen LogP contribution in [0.5, 0.6) is 0 Å². The first-order chi connectivity index (χ1) is 11.3. The molecular formula is C17H23N3O4. The first kappa shape index (κ1) is 17.8. The minimum Gasteiger partial charge on any atom is -0.444 e. The van der Waals surface area contributed by atoms with Crippen LogP contribution in [-0.2, 0) is 16.0 Å². The Morgan fingerprint density at radius 1 is 1.50 bits per heavy atom. The van der Waals surface area contributed by atoms with E-state index in [1.54, 1.807) is 32.9 Å². The predicted molar refractivity (Wildman–Crippen MR) is 89.0 cm³/mol. The molecule has 1 atom stereocenters. The first-order valence-electron chi connectivity index (χ1n) is 7.81. The molecule has 0 saturated heterocycles. The third kappa shape index (κ3) is 3.67. The number of nitrogens with zero attached hydrogens (tertiary/aromatic N) is 2. The molecule has 7 heteroatoms. The van der Waals surface area contributed by atoms with Crippen LogP contribution >= 0.6 is 0 Å². The number of aldehydes is 1. The van der Waals surface area contributed by atoms with Gasteiger partial charge in [0, 0.05) is 5.56 Å². The monoisotopic (exact) mass is 333 g/mol. The highest BCUT2D eigenvalue weighted by molar-refractivity contribution is 5.99. The van der Waals surface area contributed by atoms with Crippen molar-refractivity contribution in [1.29, 1.82) is 0 Å². The largest absolute Gasteiger partial charge is 0.444 e. The summed E-state index contributed by atoms with van der Waals surface area (Å²) in [4.78, 5) is 25.0. The van der Waals surface area contributed by atoms with Crippen LogP contribution in [-0.4, -0.2) is 40.5 Å². The van der Waals surface area contributed by atoms with Crippen LogP contribution in [0.3, 0.4) is 0 Å². The SMILES string of the molecule is CC(C)(C)OC(=O)N(CC=O)C1CCc2c(/C(N)=N/O)cccc21. The van der Waals surface area contributed by atoms with E-state index in [4.69, 9.17) is 15.7 Å². The fraction of sp³-hybridized carbons (Fsp3) is 0.471. The standard InChI is InChI=1S/C17H23N3O4/c1-17(2,3)24-16(22)20(9-10-21)14-8-7-11-12(14)5-4-6-13(11)15(18)19-23/h4-6,10,14,23H,7-9H2,1-3H3,(H2,18,19). The minimum absolute atomic E-state index is 0.0340. The lowest BCUT2D eigenvalue weighted by Gasteiger charge is -2.30. The number of carbonyl (C=O) groups excluding carboxylic acids is 2. The van der Waals surface area contributed by atoms with Gasteiger partial charge in [-0.25, -0.2) is 4.79 Å². The number of oxime groups is 1. The number of carbonyl (C=O) groups is 2. The topological polar surface area (TPSA) is 105 Å². The van der Waals surface area contributed by atoms with Gasteiger partial charge in [-0.1, -0.05) is 23.4 Å². The van der Waals surface area contributed by atoms with E-state index in [9.17, 15) is 9.59 Å². The van der Waals surface area contributed by atoms with E-state index in [1.807, 2.05) is 6.07 Å². The Labute approximate surface area is 141 Å². The van der Waals surface area contributed by atoms with Crippen molar-refractivity contribution < 1.29 is 19.5 Å². The molecule has 24 heavy (non-hydrogen) atoms. The molecule has 1 aromatic carbocycles. The lowest BCUT2D eigenvalue weighted by molar-refractivity contribution is -0.109.